The van der Waals surface area contributed by atoms with E-state index in [0.717, 1.165) is 19.5 Å². The Morgan fingerprint density at radius 2 is 2.05 bits per heavy atom. The molecule has 0 unspecified atom stereocenters. The minimum Gasteiger partial charge on any atom is -0.331 e. The van der Waals surface area contributed by atoms with Gasteiger partial charge >= 0.3 is 0 Å². The topological polar surface area (TPSA) is 29.9 Å². The lowest BCUT2D eigenvalue weighted by Gasteiger charge is -2.25. The zero-order valence-corrected chi connectivity index (χ0v) is 12.8. The van der Waals surface area contributed by atoms with E-state index in [0.29, 0.717) is 5.41 Å². The first-order valence-corrected chi connectivity index (χ1v) is 7.75. The maximum atomic E-state index is 4.97. The fourth-order valence-corrected chi connectivity index (χ4v) is 3.25. The maximum Gasteiger partial charge on any atom is 0.114 e. The molecule has 2 aliphatic rings. The highest BCUT2D eigenvalue weighted by atomic mass is 15.1. The summed E-state index contributed by atoms with van der Waals surface area (Å²) in [6.07, 6.45) is 5.25. The van der Waals surface area contributed by atoms with Gasteiger partial charge in [0.15, 0.2) is 0 Å². The van der Waals surface area contributed by atoms with Crippen LogP contribution in [0, 0.1) is 5.41 Å². The first kappa shape index (κ1) is 13.2. The molecule has 3 rings (SSSR count). The third-order valence-electron chi connectivity index (χ3n) is 4.86. The standard InChI is InChI=1S/C16H27N3/c1-5-16(7-8-16)11-19-13-6-9-17-10-12(13)18-14(19)15(2,3)4/h17H,5-11H2,1-4H3. The van der Waals surface area contributed by atoms with E-state index in [2.05, 4.69) is 37.6 Å². The van der Waals surface area contributed by atoms with Crippen LogP contribution in [0.3, 0.4) is 0 Å². The minimum absolute atomic E-state index is 0.140. The summed E-state index contributed by atoms with van der Waals surface area (Å²) in [4.78, 5) is 4.97. The predicted octanol–water partition coefficient (Wildman–Crippen LogP) is 3.02. The van der Waals surface area contributed by atoms with Crippen molar-refractivity contribution in [3.63, 3.8) is 0 Å². The van der Waals surface area contributed by atoms with Gasteiger partial charge in [0.25, 0.3) is 0 Å². The van der Waals surface area contributed by atoms with E-state index in [1.165, 1.54) is 43.0 Å². The van der Waals surface area contributed by atoms with Crippen LogP contribution in [0.15, 0.2) is 0 Å². The van der Waals surface area contributed by atoms with E-state index in [1.54, 1.807) is 0 Å². The number of imidazole rings is 1. The third-order valence-corrected chi connectivity index (χ3v) is 4.86. The lowest BCUT2D eigenvalue weighted by Crippen LogP contribution is -2.27. The molecule has 1 aliphatic heterocycles. The molecule has 3 nitrogen and oxygen atoms in total. The molecule has 0 radical (unpaired) electrons. The molecule has 0 amide bonds. The van der Waals surface area contributed by atoms with E-state index in [9.17, 15) is 0 Å². The summed E-state index contributed by atoms with van der Waals surface area (Å²) in [5.41, 5.74) is 3.52. The molecular formula is C16H27N3. The predicted molar refractivity (Wildman–Crippen MR) is 78.3 cm³/mol. The molecule has 106 valence electrons. The zero-order chi connectivity index (χ0) is 13.7. The van der Waals surface area contributed by atoms with Gasteiger partial charge in [0, 0.05) is 37.2 Å². The Bertz CT molecular complexity index is 475. The van der Waals surface area contributed by atoms with Gasteiger partial charge in [-0.2, -0.15) is 0 Å². The van der Waals surface area contributed by atoms with Crippen LogP contribution in [0.2, 0.25) is 0 Å². The number of nitrogens with one attached hydrogen (secondary N) is 1. The fourth-order valence-electron chi connectivity index (χ4n) is 3.25. The van der Waals surface area contributed by atoms with Gasteiger partial charge in [-0.05, 0) is 24.7 Å². The first-order valence-electron chi connectivity index (χ1n) is 7.75. The molecule has 19 heavy (non-hydrogen) atoms. The average Bonchev–Trinajstić information content (AvgIpc) is 3.04. The molecule has 1 N–H and O–H groups in total. The van der Waals surface area contributed by atoms with Crippen molar-refractivity contribution in [3.05, 3.63) is 17.2 Å². The van der Waals surface area contributed by atoms with Gasteiger partial charge in [-0.15, -0.1) is 0 Å². The molecular weight excluding hydrogens is 234 g/mol. The third kappa shape index (κ3) is 2.33. The summed E-state index contributed by atoms with van der Waals surface area (Å²) in [5, 5.41) is 3.45. The number of hydrogen-bond acceptors (Lipinski definition) is 2. The summed E-state index contributed by atoms with van der Waals surface area (Å²) in [5.74, 6) is 1.29. The van der Waals surface area contributed by atoms with Crippen molar-refractivity contribution in [2.24, 2.45) is 5.41 Å². The smallest absolute Gasteiger partial charge is 0.114 e. The van der Waals surface area contributed by atoms with Crippen LogP contribution >= 0.6 is 0 Å². The van der Waals surface area contributed by atoms with E-state index in [4.69, 9.17) is 4.98 Å². The second-order valence-electron chi connectivity index (χ2n) is 7.45. The van der Waals surface area contributed by atoms with Crippen LogP contribution < -0.4 is 5.32 Å². The van der Waals surface area contributed by atoms with Crippen LogP contribution in [-0.2, 0) is 24.9 Å². The Balaban J connectivity index is 2.02. The van der Waals surface area contributed by atoms with Crippen molar-refractivity contribution in [2.75, 3.05) is 6.54 Å². The summed E-state index contributed by atoms with van der Waals surface area (Å²) < 4.78 is 2.58. The Kier molecular flexibility index (Phi) is 3.01. The average molecular weight is 261 g/mol. The second kappa shape index (κ2) is 4.34. The van der Waals surface area contributed by atoms with Crippen molar-refractivity contribution in [3.8, 4) is 0 Å². The van der Waals surface area contributed by atoms with Crippen molar-refractivity contribution < 1.29 is 0 Å². The number of aromatic nitrogens is 2. The summed E-state index contributed by atoms with van der Waals surface area (Å²) in [6, 6.07) is 0. The van der Waals surface area contributed by atoms with Gasteiger partial charge in [-0.1, -0.05) is 27.7 Å². The van der Waals surface area contributed by atoms with Gasteiger partial charge in [0.2, 0.25) is 0 Å². The Morgan fingerprint density at radius 3 is 2.63 bits per heavy atom. The van der Waals surface area contributed by atoms with E-state index in [1.807, 2.05) is 0 Å². The quantitative estimate of drug-likeness (QED) is 0.906. The molecule has 0 saturated heterocycles. The van der Waals surface area contributed by atoms with Gasteiger partial charge in [0.1, 0.15) is 5.82 Å². The van der Waals surface area contributed by atoms with Crippen LogP contribution in [0.1, 0.15) is 64.2 Å². The van der Waals surface area contributed by atoms with Crippen LogP contribution in [-0.4, -0.2) is 16.1 Å². The van der Waals surface area contributed by atoms with Crippen LogP contribution in [0.5, 0.6) is 0 Å². The number of nitrogens with zero attached hydrogens (tertiary/aromatic N) is 2. The lowest BCUT2D eigenvalue weighted by molar-refractivity contribution is 0.373. The molecule has 0 spiro atoms. The van der Waals surface area contributed by atoms with Gasteiger partial charge < -0.3 is 9.88 Å². The Hall–Kier alpha value is -0.830. The maximum absolute atomic E-state index is 4.97. The molecule has 2 heterocycles. The Morgan fingerprint density at radius 1 is 1.32 bits per heavy atom. The van der Waals surface area contributed by atoms with E-state index >= 15 is 0 Å². The number of rotatable bonds is 3. The fraction of sp³-hybridized carbons (Fsp3) is 0.812. The van der Waals surface area contributed by atoms with Crippen molar-refractivity contribution in [1.29, 1.82) is 0 Å². The molecule has 0 atom stereocenters. The van der Waals surface area contributed by atoms with Crippen molar-refractivity contribution in [2.45, 2.75) is 71.9 Å². The number of hydrogen-bond donors (Lipinski definition) is 1. The SMILES string of the molecule is CCC1(Cn2c(C(C)(C)C)nc3c2CCNC3)CC1. The molecule has 0 bridgehead atoms. The van der Waals surface area contributed by atoms with Crippen LogP contribution in [0.4, 0.5) is 0 Å². The highest BCUT2D eigenvalue weighted by Gasteiger charge is 2.42. The van der Waals surface area contributed by atoms with E-state index in [-0.39, 0.29) is 5.41 Å². The largest absolute Gasteiger partial charge is 0.331 e. The first-order chi connectivity index (χ1) is 8.95. The molecule has 1 saturated carbocycles. The zero-order valence-electron chi connectivity index (χ0n) is 12.8. The van der Waals surface area contributed by atoms with E-state index < -0.39 is 0 Å². The summed E-state index contributed by atoms with van der Waals surface area (Å²) >= 11 is 0. The number of fused-ring (bicyclic) bond motifs is 1. The highest BCUT2D eigenvalue weighted by Crippen LogP contribution is 2.50. The van der Waals surface area contributed by atoms with Gasteiger partial charge in [0.05, 0.1) is 5.69 Å². The highest BCUT2D eigenvalue weighted by molar-refractivity contribution is 5.24. The monoisotopic (exact) mass is 261 g/mol. The Labute approximate surface area is 116 Å². The van der Waals surface area contributed by atoms with Gasteiger partial charge in [-0.3, -0.25) is 0 Å². The minimum atomic E-state index is 0.140. The second-order valence-corrected chi connectivity index (χ2v) is 7.45. The molecule has 1 aliphatic carbocycles. The molecule has 1 fully saturated rings. The van der Waals surface area contributed by atoms with Crippen LogP contribution in [0.25, 0.3) is 0 Å². The normalized spacial score (nSPS) is 21.3. The summed E-state index contributed by atoms with van der Waals surface area (Å²) in [6.45, 7) is 12.4. The molecule has 1 aromatic heterocycles. The molecule has 0 aromatic carbocycles. The lowest BCUT2D eigenvalue weighted by atomic mass is 9.94. The van der Waals surface area contributed by atoms with Crippen molar-refractivity contribution in [1.82, 2.24) is 14.9 Å². The van der Waals surface area contributed by atoms with Gasteiger partial charge in [-0.25, -0.2) is 4.98 Å². The van der Waals surface area contributed by atoms with Crippen molar-refractivity contribution >= 4 is 0 Å². The summed E-state index contributed by atoms with van der Waals surface area (Å²) in [7, 11) is 0. The molecule has 3 heteroatoms. The molecule has 1 aromatic rings.